The fourth-order valence-corrected chi connectivity index (χ4v) is 2.91. The number of hydrogen-bond acceptors (Lipinski definition) is 4. The first-order chi connectivity index (χ1) is 11.4. The van der Waals surface area contributed by atoms with Crippen LogP contribution in [-0.2, 0) is 6.54 Å². The van der Waals surface area contributed by atoms with Crippen LogP contribution in [0.1, 0.15) is 32.4 Å². The molecule has 1 aliphatic rings. The molecule has 0 aliphatic carbocycles. The fraction of sp³-hybridized carbons (Fsp3) is 0.412. The maximum absolute atomic E-state index is 5.53. The van der Waals surface area contributed by atoms with E-state index in [9.17, 15) is 0 Å². The number of benzene rings is 1. The van der Waals surface area contributed by atoms with Crippen molar-refractivity contribution in [3.8, 4) is 0 Å². The van der Waals surface area contributed by atoms with E-state index >= 15 is 0 Å². The molecule has 1 atom stereocenters. The summed E-state index contributed by atoms with van der Waals surface area (Å²) in [5.41, 5.74) is 2.17. The normalized spacial score (nSPS) is 17.7. The molecule has 0 radical (unpaired) electrons. The highest BCUT2D eigenvalue weighted by atomic mass is 32.1. The highest BCUT2D eigenvalue weighted by molar-refractivity contribution is 7.80. The van der Waals surface area contributed by atoms with E-state index in [-0.39, 0.29) is 11.5 Å². The van der Waals surface area contributed by atoms with Crippen LogP contribution in [0.25, 0.3) is 0 Å². The molecule has 6 nitrogen and oxygen atoms in total. The quantitative estimate of drug-likeness (QED) is 0.869. The molecule has 1 aliphatic heterocycles. The number of rotatable bonds is 3. The summed E-state index contributed by atoms with van der Waals surface area (Å²) in [7, 11) is 0. The smallest absolute Gasteiger partial charge is 0.189 e. The van der Waals surface area contributed by atoms with Gasteiger partial charge in [0, 0.05) is 12.0 Å². The van der Waals surface area contributed by atoms with Gasteiger partial charge in [-0.25, -0.2) is 14.7 Å². The van der Waals surface area contributed by atoms with E-state index in [4.69, 9.17) is 17.3 Å². The predicted molar refractivity (Wildman–Crippen MR) is 98.5 cm³/mol. The van der Waals surface area contributed by atoms with Crippen molar-refractivity contribution in [1.82, 2.24) is 25.1 Å². The van der Waals surface area contributed by atoms with Gasteiger partial charge < -0.3 is 5.32 Å². The third kappa shape index (κ3) is 3.62. The van der Waals surface area contributed by atoms with Crippen LogP contribution in [-0.4, -0.2) is 37.1 Å². The molecule has 3 rings (SSSR count). The van der Waals surface area contributed by atoms with Gasteiger partial charge in [-0.3, -0.25) is 0 Å². The summed E-state index contributed by atoms with van der Waals surface area (Å²) in [5, 5.41) is 14.8. The largest absolute Gasteiger partial charge is 0.357 e. The second kappa shape index (κ2) is 6.68. The summed E-state index contributed by atoms with van der Waals surface area (Å²) in [6, 6.07) is 10.2. The number of thiocarbonyl (C=S) groups is 1. The molecule has 0 saturated heterocycles. The van der Waals surface area contributed by atoms with Crippen LogP contribution in [0.2, 0.25) is 0 Å². The Balaban J connectivity index is 1.72. The van der Waals surface area contributed by atoms with Crippen LogP contribution in [0.15, 0.2) is 48.1 Å². The van der Waals surface area contributed by atoms with Crippen molar-refractivity contribution in [2.24, 2.45) is 10.5 Å². The van der Waals surface area contributed by atoms with Gasteiger partial charge in [0.05, 0.1) is 12.3 Å². The van der Waals surface area contributed by atoms with E-state index in [0.717, 1.165) is 5.71 Å². The lowest BCUT2D eigenvalue weighted by atomic mass is 9.86. The highest BCUT2D eigenvalue weighted by Crippen LogP contribution is 2.30. The van der Waals surface area contributed by atoms with E-state index in [1.165, 1.54) is 5.56 Å². The fourth-order valence-electron chi connectivity index (χ4n) is 2.72. The zero-order valence-electron chi connectivity index (χ0n) is 14.2. The molecule has 0 amide bonds. The molecular formula is C17H22N6S. The number of hydrazone groups is 1. The Morgan fingerprint density at radius 1 is 1.29 bits per heavy atom. The Morgan fingerprint density at radius 2 is 2.04 bits per heavy atom. The van der Waals surface area contributed by atoms with E-state index in [2.05, 4.69) is 48.3 Å². The van der Waals surface area contributed by atoms with Gasteiger partial charge >= 0.3 is 0 Å². The monoisotopic (exact) mass is 342 g/mol. The summed E-state index contributed by atoms with van der Waals surface area (Å²) in [6.45, 7) is 7.81. The Labute approximate surface area is 147 Å². The molecule has 0 saturated carbocycles. The minimum Gasteiger partial charge on any atom is -0.357 e. The van der Waals surface area contributed by atoms with Crippen molar-refractivity contribution in [3.05, 3.63) is 48.5 Å². The number of hydrogen-bond donors (Lipinski definition) is 1. The Hall–Kier alpha value is -2.28. The van der Waals surface area contributed by atoms with Gasteiger partial charge in [-0.2, -0.15) is 10.2 Å². The Morgan fingerprint density at radius 3 is 2.67 bits per heavy atom. The minimum absolute atomic E-state index is 0.0453. The average Bonchev–Trinajstić information content (AvgIpc) is 3.21. The SMILES string of the molecule is CC(C)(C)C1=NN(C(=S)NCc2ccccc2)CC1n1cncn1. The molecule has 1 N–H and O–H groups in total. The molecule has 1 unspecified atom stereocenters. The molecule has 0 fully saturated rings. The molecule has 1 aromatic heterocycles. The van der Waals surface area contributed by atoms with Crippen LogP contribution >= 0.6 is 12.2 Å². The second-order valence-corrected chi connectivity index (χ2v) is 7.24. The topological polar surface area (TPSA) is 58.3 Å². The zero-order valence-corrected chi connectivity index (χ0v) is 15.0. The van der Waals surface area contributed by atoms with E-state index in [0.29, 0.717) is 18.2 Å². The molecule has 126 valence electrons. The first kappa shape index (κ1) is 16.6. The minimum atomic E-state index is -0.0690. The third-order valence-corrected chi connectivity index (χ3v) is 4.29. The van der Waals surface area contributed by atoms with Crippen LogP contribution in [0.4, 0.5) is 0 Å². The van der Waals surface area contributed by atoms with Crippen molar-refractivity contribution in [1.29, 1.82) is 0 Å². The molecular weight excluding hydrogens is 320 g/mol. The molecule has 0 bridgehead atoms. The van der Waals surface area contributed by atoms with Crippen molar-refractivity contribution in [2.75, 3.05) is 6.54 Å². The van der Waals surface area contributed by atoms with Crippen molar-refractivity contribution < 1.29 is 0 Å². The average molecular weight is 342 g/mol. The van der Waals surface area contributed by atoms with E-state index in [1.54, 1.807) is 12.7 Å². The van der Waals surface area contributed by atoms with Gasteiger partial charge in [-0.1, -0.05) is 51.1 Å². The Kier molecular flexibility index (Phi) is 4.62. The summed E-state index contributed by atoms with van der Waals surface area (Å²) in [4.78, 5) is 4.06. The van der Waals surface area contributed by atoms with Crippen molar-refractivity contribution >= 4 is 23.0 Å². The molecule has 1 aromatic carbocycles. The van der Waals surface area contributed by atoms with Gasteiger partial charge in [-0.15, -0.1) is 0 Å². The molecule has 24 heavy (non-hydrogen) atoms. The van der Waals surface area contributed by atoms with E-state index < -0.39 is 0 Å². The summed E-state index contributed by atoms with van der Waals surface area (Å²) in [6.07, 6.45) is 3.28. The summed E-state index contributed by atoms with van der Waals surface area (Å²) >= 11 is 5.53. The lowest BCUT2D eigenvalue weighted by Gasteiger charge is -2.23. The molecule has 0 spiro atoms. The Bertz CT molecular complexity index is 717. The van der Waals surface area contributed by atoms with E-state index in [1.807, 2.05) is 27.9 Å². The predicted octanol–water partition coefficient (Wildman–Crippen LogP) is 2.61. The summed E-state index contributed by atoms with van der Waals surface area (Å²) in [5.74, 6) is 0. The van der Waals surface area contributed by atoms with Crippen molar-refractivity contribution in [2.45, 2.75) is 33.4 Å². The molecule has 2 heterocycles. The van der Waals surface area contributed by atoms with Gasteiger partial charge in [0.1, 0.15) is 18.7 Å². The number of aromatic nitrogens is 3. The van der Waals surface area contributed by atoms with Crippen LogP contribution in [0, 0.1) is 5.41 Å². The third-order valence-electron chi connectivity index (χ3n) is 3.94. The summed E-state index contributed by atoms with van der Waals surface area (Å²) < 4.78 is 1.85. The zero-order chi connectivity index (χ0) is 17.2. The lowest BCUT2D eigenvalue weighted by molar-refractivity contribution is 0.414. The number of nitrogens with zero attached hydrogens (tertiary/aromatic N) is 5. The first-order valence-electron chi connectivity index (χ1n) is 7.97. The van der Waals surface area contributed by atoms with Gasteiger partial charge in [-0.05, 0) is 17.8 Å². The van der Waals surface area contributed by atoms with Gasteiger partial charge in [0.2, 0.25) is 0 Å². The van der Waals surface area contributed by atoms with Crippen LogP contribution < -0.4 is 5.32 Å². The first-order valence-corrected chi connectivity index (χ1v) is 8.38. The molecule has 2 aromatic rings. The standard InChI is InChI=1S/C17H22N6S/c1-17(2,3)15-14(23-12-18-11-20-23)10-22(21-15)16(24)19-9-13-7-5-4-6-8-13/h4-8,11-12,14H,9-10H2,1-3H3,(H,19,24). The number of nitrogens with one attached hydrogen (secondary N) is 1. The van der Waals surface area contributed by atoms with Crippen molar-refractivity contribution in [3.63, 3.8) is 0 Å². The lowest BCUT2D eigenvalue weighted by Crippen LogP contribution is -2.36. The molecule has 7 heteroatoms. The van der Waals surface area contributed by atoms with Gasteiger partial charge in [0.25, 0.3) is 0 Å². The maximum atomic E-state index is 5.53. The van der Waals surface area contributed by atoms with Crippen LogP contribution in [0.3, 0.4) is 0 Å². The second-order valence-electron chi connectivity index (χ2n) is 6.85. The maximum Gasteiger partial charge on any atom is 0.189 e. The highest BCUT2D eigenvalue weighted by Gasteiger charge is 2.37. The van der Waals surface area contributed by atoms with Crippen LogP contribution in [0.5, 0.6) is 0 Å². The van der Waals surface area contributed by atoms with Gasteiger partial charge in [0.15, 0.2) is 5.11 Å².